The fourth-order valence-electron chi connectivity index (χ4n) is 0.655. The van der Waals surface area contributed by atoms with Crippen molar-refractivity contribution in [3.8, 4) is 0 Å². The van der Waals surface area contributed by atoms with Crippen molar-refractivity contribution in [2.45, 2.75) is 19.8 Å². The summed E-state index contributed by atoms with van der Waals surface area (Å²) in [6.07, 6.45) is 1.45. The fourth-order valence-corrected chi connectivity index (χ4v) is 0.655. The molecule has 0 radical (unpaired) electrons. The molecule has 0 atom stereocenters. The molecule has 0 aliphatic rings. The van der Waals surface area contributed by atoms with Crippen LogP contribution in [0.15, 0.2) is 12.2 Å². The lowest BCUT2D eigenvalue weighted by molar-refractivity contribution is -0.114. The monoisotopic (exact) mass is 157 g/mol. The maximum atomic E-state index is 10.4. The topological polar surface area (TPSA) is 52.3 Å². The summed E-state index contributed by atoms with van der Waals surface area (Å²) in [5, 5.41) is 0. The van der Waals surface area contributed by atoms with Gasteiger partial charge in [-0.3, -0.25) is 4.79 Å². The molecular weight excluding hydrogens is 142 g/mol. The third-order valence-electron chi connectivity index (χ3n) is 1.32. The van der Waals surface area contributed by atoms with Crippen molar-refractivity contribution in [2.24, 2.45) is 5.73 Å². The quantitative estimate of drug-likeness (QED) is 0.459. The highest BCUT2D eigenvalue weighted by Gasteiger charge is 1.99. The largest absolute Gasteiger partial charge is 0.382 e. The van der Waals surface area contributed by atoms with E-state index in [0.717, 1.165) is 6.42 Å². The Kier molecular flexibility index (Phi) is 5.47. The predicted molar refractivity (Wildman–Crippen MR) is 44.1 cm³/mol. The van der Waals surface area contributed by atoms with Crippen molar-refractivity contribution in [1.82, 2.24) is 0 Å². The van der Waals surface area contributed by atoms with Crippen LogP contribution < -0.4 is 5.73 Å². The Labute approximate surface area is 67.2 Å². The van der Waals surface area contributed by atoms with Crippen molar-refractivity contribution in [3.63, 3.8) is 0 Å². The first-order valence-electron chi connectivity index (χ1n) is 3.73. The molecule has 2 N–H and O–H groups in total. The van der Waals surface area contributed by atoms with Gasteiger partial charge in [-0.2, -0.15) is 0 Å². The number of ether oxygens (including phenoxy) is 1. The summed E-state index contributed by atoms with van der Waals surface area (Å²) in [6, 6.07) is 0. The minimum absolute atomic E-state index is 0.415. The van der Waals surface area contributed by atoms with E-state index in [4.69, 9.17) is 10.5 Å². The number of hydrogen-bond donors (Lipinski definition) is 1. The number of amides is 1. The zero-order valence-electron chi connectivity index (χ0n) is 6.93. The van der Waals surface area contributed by atoms with Crippen LogP contribution in [0.1, 0.15) is 19.8 Å². The number of carbonyl (C=O) groups is 1. The molecule has 0 aromatic rings. The summed E-state index contributed by atoms with van der Waals surface area (Å²) in [7, 11) is 0. The number of hydrogen-bond acceptors (Lipinski definition) is 2. The number of carbonyl (C=O) groups excluding carboxylic acids is 1. The Balaban J connectivity index is 3.25. The molecule has 1 amide bonds. The zero-order valence-corrected chi connectivity index (χ0v) is 6.93. The highest BCUT2D eigenvalue weighted by atomic mass is 16.5. The SMILES string of the molecule is C=C(CCCOCC)C(N)=O. The summed E-state index contributed by atoms with van der Waals surface area (Å²) in [4.78, 5) is 10.4. The molecule has 0 aromatic heterocycles. The molecule has 3 nitrogen and oxygen atoms in total. The number of rotatable bonds is 6. The molecular formula is C8H15NO2. The maximum absolute atomic E-state index is 10.4. The lowest BCUT2D eigenvalue weighted by atomic mass is 10.1. The third-order valence-corrected chi connectivity index (χ3v) is 1.32. The molecule has 0 aliphatic carbocycles. The van der Waals surface area contributed by atoms with Gasteiger partial charge in [0.2, 0.25) is 5.91 Å². The summed E-state index contributed by atoms with van der Waals surface area (Å²) in [6.45, 7) is 6.84. The van der Waals surface area contributed by atoms with Crippen LogP contribution in [0.3, 0.4) is 0 Å². The molecule has 0 saturated carbocycles. The lowest BCUT2D eigenvalue weighted by Crippen LogP contribution is -2.13. The molecule has 0 saturated heterocycles. The second kappa shape index (κ2) is 5.92. The molecule has 11 heavy (non-hydrogen) atoms. The molecule has 0 bridgehead atoms. The van der Waals surface area contributed by atoms with E-state index in [1.165, 1.54) is 0 Å². The van der Waals surface area contributed by atoms with Gasteiger partial charge in [0.15, 0.2) is 0 Å². The van der Waals surface area contributed by atoms with E-state index in [1.54, 1.807) is 0 Å². The van der Waals surface area contributed by atoms with Gasteiger partial charge in [-0.1, -0.05) is 6.58 Å². The van der Waals surface area contributed by atoms with Gasteiger partial charge in [0, 0.05) is 18.8 Å². The van der Waals surface area contributed by atoms with Crippen LogP contribution >= 0.6 is 0 Å². The number of nitrogens with two attached hydrogens (primary N) is 1. The minimum atomic E-state index is -0.415. The maximum Gasteiger partial charge on any atom is 0.244 e. The van der Waals surface area contributed by atoms with Crippen LogP contribution in [-0.2, 0) is 9.53 Å². The summed E-state index contributed by atoms with van der Waals surface area (Å²) >= 11 is 0. The van der Waals surface area contributed by atoms with Crippen LogP contribution in [0, 0.1) is 0 Å². The molecule has 0 aromatic carbocycles. The van der Waals surface area contributed by atoms with Crippen LogP contribution in [0.25, 0.3) is 0 Å². The molecule has 0 unspecified atom stereocenters. The number of primary amides is 1. The summed E-state index contributed by atoms with van der Waals surface area (Å²) in [5.74, 6) is -0.415. The van der Waals surface area contributed by atoms with E-state index in [2.05, 4.69) is 6.58 Å². The first-order valence-corrected chi connectivity index (χ1v) is 3.73. The average molecular weight is 157 g/mol. The molecule has 3 heteroatoms. The second-order valence-electron chi connectivity index (χ2n) is 2.27. The van der Waals surface area contributed by atoms with Crippen molar-refractivity contribution >= 4 is 5.91 Å². The van der Waals surface area contributed by atoms with Crippen LogP contribution in [-0.4, -0.2) is 19.1 Å². The summed E-state index contributed by atoms with van der Waals surface area (Å²) < 4.78 is 5.07. The normalized spacial score (nSPS) is 9.55. The van der Waals surface area contributed by atoms with E-state index in [-0.39, 0.29) is 0 Å². The van der Waals surface area contributed by atoms with Crippen LogP contribution in [0.5, 0.6) is 0 Å². The van der Waals surface area contributed by atoms with Crippen molar-refractivity contribution in [2.75, 3.05) is 13.2 Å². The molecule has 0 heterocycles. The van der Waals surface area contributed by atoms with Gasteiger partial charge in [-0.15, -0.1) is 0 Å². The van der Waals surface area contributed by atoms with Crippen molar-refractivity contribution in [3.05, 3.63) is 12.2 Å². The third kappa shape index (κ3) is 5.61. The van der Waals surface area contributed by atoms with Gasteiger partial charge in [-0.05, 0) is 19.8 Å². The lowest BCUT2D eigenvalue weighted by Gasteiger charge is -2.00. The van der Waals surface area contributed by atoms with Gasteiger partial charge in [0.1, 0.15) is 0 Å². The van der Waals surface area contributed by atoms with E-state index >= 15 is 0 Å². The minimum Gasteiger partial charge on any atom is -0.382 e. The predicted octanol–water partition coefficient (Wildman–Crippen LogP) is 0.845. The smallest absolute Gasteiger partial charge is 0.244 e. The Morgan fingerprint density at radius 1 is 1.64 bits per heavy atom. The van der Waals surface area contributed by atoms with Gasteiger partial charge < -0.3 is 10.5 Å². The highest BCUT2D eigenvalue weighted by molar-refractivity contribution is 5.91. The molecule has 0 aliphatic heterocycles. The van der Waals surface area contributed by atoms with Gasteiger partial charge in [0.25, 0.3) is 0 Å². The second-order valence-corrected chi connectivity index (χ2v) is 2.27. The molecule has 0 spiro atoms. The Bertz CT molecular complexity index is 143. The van der Waals surface area contributed by atoms with E-state index in [9.17, 15) is 4.79 Å². The highest BCUT2D eigenvalue weighted by Crippen LogP contribution is 2.00. The first-order chi connectivity index (χ1) is 5.18. The molecule has 0 fully saturated rings. The van der Waals surface area contributed by atoms with Gasteiger partial charge >= 0.3 is 0 Å². The van der Waals surface area contributed by atoms with Crippen molar-refractivity contribution in [1.29, 1.82) is 0 Å². The Morgan fingerprint density at radius 2 is 2.27 bits per heavy atom. The van der Waals surface area contributed by atoms with Crippen LogP contribution in [0.4, 0.5) is 0 Å². The van der Waals surface area contributed by atoms with E-state index in [0.29, 0.717) is 25.2 Å². The van der Waals surface area contributed by atoms with Gasteiger partial charge in [0.05, 0.1) is 0 Å². The van der Waals surface area contributed by atoms with Crippen LogP contribution in [0.2, 0.25) is 0 Å². The first kappa shape index (κ1) is 10.2. The van der Waals surface area contributed by atoms with Crippen molar-refractivity contribution < 1.29 is 9.53 Å². The zero-order chi connectivity index (χ0) is 8.69. The Morgan fingerprint density at radius 3 is 2.73 bits per heavy atom. The molecule has 0 rings (SSSR count). The fraction of sp³-hybridized carbons (Fsp3) is 0.625. The van der Waals surface area contributed by atoms with E-state index in [1.807, 2.05) is 6.92 Å². The average Bonchev–Trinajstić information content (AvgIpc) is 1.97. The standard InChI is InChI=1S/C8H15NO2/c1-3-11-6-4-5-7(2)8(9)10/h2-6H2,1H3,(H2,9,10). The van der Waals surface area contributed by atoms with E-state index < -0.39 is 5.91 Å². The molecule has 64 valence electrons. The van der Waals surface area contributed by atoms with Gasteiger partial charge in [-0.25, -0.2) is 0 Å². The Hall–Kier alpha value is -0.830. The summed E-state index contributed by atoms with van der Waals surface area (Å²) in [5.41, 5.74) is 5.45.